The maximum atomic E-state index is 12.9. The summed E-state index contributed by atoms with van der Waals surface area (Å²) in [6.07, 6.45) is -4.47. The van der Waals surface area contributed by atoms with Crippen LogP contribution in [0.4, 0.5) is 13.2 Å². The van der Waals surface area contributed by atoms with E-state index in [1.807, 2.05) is 0 Å². The summed E-state index contributed by atoms with van der Waals surface area (Å²) in [5.41, 5.74) is -0.761. The Morgan fingerprint density at radius 3 is 2.68 bits per heavy atom. The number of likely N-dealkylation sites (tertiary alicyclic amines) is 1. The Morgan fingerprint density at radius 1 is 1.36 bits per heavy atom. The van der Waals surface area contributed by atoms with Gasteiger partial charge in [0.05, 0.1) is 11.6 Å². The summed E-state index contributed by atoms with van der Waals surface area (Å²) >= 11 is 0. The molecule has 0 saturated carbocycles. The summed E-state index contributed by atoms with van der Waals surface area (Å²) in [5.74, 6) is -0.949. The molecule has 1 heterocycles. The highest BCUT2D eigenvalue weighted by molar-refractivity contribution is 5.82. The van der Waals surface area contributed by atoms with Crippen LogP contribution in [0.3, 0.4) is 0 Å². The van der Waals surface area contributed by atoms with Crippen molar-refractivity contribution in [2.45, 2.75) is 25.2 Å². The van der Waals surface area contributed by atoms with Crippen molar-refractivity contribution in [2.75, 3.05) is 13.2 Å². The summed E-state index contributed by atoms with van der Waals surface area (Å²) in [4.78, 5) is 24.2. The Hall–Kier alpha value is -2.09. The van der Waals surface area contributed by atoms with E-state index in [2.05, 4.69) is 5.32 Å². The molecule has 2 N–H and O–H groups in total. The molecule has 0 bridgehead atoms. The molecule has 8 heteroatoms. The van der Waals surface area contributed by atoms with Crippen LogP contribution in [0.15, 0.2) is 24.3 Å². The van der Waals surface area contributed by atoms with Crippen LogP contribution in [0.1, 0.15) is 17.5 Å². The Morgan fingerprint density at radius 2 is 2.05 bits per heavy atom. The summed E-state index contributed by atoms with van der Waals surface area (Å²) in [6.45, 7) is -0.738. The SMILES string of the molecule is O=C(CO)N[C@@H]1CC(=O)N(Cc2ccccc2C(F)(F)F)C1. The van der Waals surface area contributed by atoms with Crippen LogP contribution in [0, 0.1) is 0 Å². The first kappa shape index (κ1) is 16.3. The largest absolute Gasteiger partial charge is 0.416 e. The third kappa shape index (κ3) is 3.76. The lowest BCUT2D eigenvalue weighted by molar-refractivity contribution is -0.139. The van der Waals surface area contributed by atoms with Gasteiger partial charge >= 0.3 is 6.18 Å². The van der Waals surface area contributed by atoms with Gasteiger partial charge in [-0.1, -0.05) is 18.2 Å². The summed E-state index contributed by atoms with van der Waals surface area (Å²) in [5, 5.41) is 11.1. The minimum absolute atomic E-state index is 0.0116. The summed E-state index contributed by atoms with van der Waals surface area (Å²) in [7, 11) is 0. The van der Waals surface area contributed by atoms with Gasteiger partial charge in [0.1, 0.15) is 6.61 Å². The molecule has 5 nitrogen and oxygen atoms in total. The molecule has 0 spiro atoms. The first-order chi connectivity index (χ1) is 10.3. The fourth-order valence-corrected chi connectivity index (χ4v) is 2.44. The number of benzene rings is 1. The average Bonchev–Trinajstić information content (AvgIpc) is 2.78. The smallest absolute Gasteiger partial charge is 0.387 e. The van der Waals surface area contributed by atoms with Crippen molar-refractivity contribution in [3.63, 3.8) is 0 Å². The highest BCUT2D eigenvalue weighted by Crippen LogP contribution is 2.32. The van der Waals surface area contributed by atoms with Crippen LogP contribution in [-0.4, -0.2) is 41.0 Å². The number of aliphatic hydroxyl groups is 1. The second-order valence-corrected chi connectivity index (χ2v) is 5.06. The van der Waals surface area contributed by atoms with Gasteiger partial charge in [0.2, 0.25) is 11.8 Å². The van der Waals surface area contributed by atoms with Crippen molar-refractivity contribution in [1.82, 2.24) is 10.2 Å². The number of alkyl halides is 3. The zero-order valence-electron chi connectivity index (χ0n) is 11.6. The lowest BCUT2D eigenvalue weighted by Gasteiger charge is -2.20. The molecule has 1 fully saturated rings. The number of rotatable bonds is 4. The number of carbonyl (C=O) groups excluding carboxylic acids is 2. The van der Waals surface area contributed by atoms with E-state index in [9.17, 15) is 22.8 Å². The molecule has 0 aromatic heterocycles. The monoisotopic (exact) mass is 316 g/mol. The lowest BCUT2D eigenvalue weighted by atomic mass is 10.1. The lowest BCUT2D eigenvalue weighted by Crippen LogP contribution is -2.38. The molecule has 0 radical (unpaired) electrons. The van der Waals surface area contributed by atoms with Crippen molar-refractivity contribution in [2.24, 2.45) is 0 Å². The fraction of sp³-hybridized carbons (Fsp3) is 0.429. The molecule has 1 aliphatic rings. The van der Waals surface area contributed by atoms with Gasteiger partial charge in [-0.05, 0) is 11.6 Å². The molecule has 1 saturated heterocycles. The van der Waals surface area contributed by atoms with Crippen molar-refractivity contribution < 1.29 is 27.9 Å². The Kier molecular flexibility index (Phi) is 4.70. The van der Waals surface area contributed by atoms with E-state index in [4.69, 9.17) is 5.11 Å². The molecular weight excluding hydrogens is 301 g/mol. The van der Waals surface area contributed by atoms with Crippen LogP contribution >= 0.6 is 0 Å². The van der Waals surface area contributed by atoms with E-state index in [0.717, 1.165) is 6.07 Å². The van der Waals surface area contributed by atoms with E-state index in [0.29, 0.717) is 0 Å². The molecule has 0 unspecified atom stereocenters. The van der Waals surface area contributed by atoms with E-state index in [-0.39, 0.29) is 31.0 Å². The van der Waals surface area contributed by atoms with E-state index in [1.165, 1.54) is 23.1 Å². The van der Waals surface area contributed by atoms with E-state index in [1.54, 1.807) is 0 Å². The minimum atomic E-state index is -4.48. The summed E-state index contributed by atoms with van der Waals surface area (Å²) in [6, 6.07) is 4.58. The molecule has 120 valence electrons. The van der Waals surface area contributed by atoms with Gasteiger partial charge in [-0.3, -0.25) is 9.59 Å². The number of hydrogen-bond donors (Lipinski definition) is 2. The number of nitrogens with one attached hydrogen (secondary N) is 1. The Labute approximate surface area is 124 Å². The van der Waals surface area contributed by atoms with Crippen LogP contribution in [0.25, 0.3) is 0 Å². The molecular formula is C14H15F3N2O3. The molecule has 1 aromatic carbocycles. The van der Waals surface area contributed by atoms with Gasteiger partial charge in [0.25, 0.3) is 0 Å². The van der Waals surface area contributed by atoms with E-state index >= 15 is 0 Å². The number of amides is 2. The average molecular weight is 316 g/mol. The molecule has 2 amide bonds. The second kappa shape index (κ2) is 6.35. The van der Waals surface area contributed by atoms with Gasteiger partial charge in [-0.2, -0.15) is 13.2 Å². The first-order valence-electron chi connectivity index (χ1n) is 6.64. The van der Waals surface area contributed by atoms with Crippen LogP contribution in [-0.2, 0) is 22.3 Å². The number of carbonyl (C=O) groups is 2. The Bertz CT molecular complexity index is 575. The van der Waals surface area contributed by atoms with Gasteiger partial charge in [-0.15, -0.1) is 0 Å². The zero-order valence-corrected chi connectivity index (χ0v) is 11.6. The zero-order chi connectivity index (χ0) is 16.3. The van der Waals surface area contributed by atoms with Crippen LogP contribution < -0.4 is 5.32 Å². The van der Waals surface area contributed by atoms with Gasteiger partial charge in [-0.25, -0.2) is 0 Å². The van der Waals surface area contributed by atoms with E-state index < -0.39 is 30.3 Å². The highest BCUT2D eigenvalue weighted by Gasteiger charge is 2.35. The minimum Gasteiger partial charge on any atom is -0.387 e. The fourth-order valence-electron chi connectivity index (χ4n) is 2.44. The van der Waals surface area contributed by atoms with Gasteiger partial charge < -0.3 is 15.3 Å². The number of halogens is 3. The molecule has 1 atom stereocenters. The molecule has 0 aliphatic carbocycles. The molecule has 22 heavy (non-hydrogen) atoms. The first-order valence-corrected chi connectivity index (χ1v) is 6.64. The van der Waals surface area contributed by atoms with Gasteiger partial charge in [0.15, 0.2) is 0 Å². The summed E-state index contributed by atoms with van der Waals surface area (Å²) < 4.78 is 38.8. The molecule has 1 aliphatic heterocycles. The second-order valence-electron chi connectivity index (χ2n) is 5.06. The van der Waals surface area contributed by atoms with Gasteiger partial charge in [0, 0.05) is 19.5 Å². The number of hydrogen-bond acceptors (Lipinski definition) is 3. The molecule has 1 aromatic rings. The third-order valence-corrected chi connectivity index (χ3v) is 3.41. The number of nitrogens with zero attached hydrogens (tertiary/aromatic N) is 1. The predicted molar refractivity (Wildman–Crippen MR) is 70.5 cm³/mol. The maximum absolute atomic E-state index is 12.9. The highest BCUT2D eigenvalue weighted by atomic mass is 19.4. The van der Waals surface area contributed by atoms with Crippen molar-refractivity contribution >= 4 is 11.8 Å². The third-order valence-electron chi connectivity index (χ3n) is 3.41. The van der Waals surface area contributed by atoms with Crippen molar-refractivity contribution in [1.29, 1.82) is 0 Å². The predicted octanol–water partition coefficient (Wildman–Crippen LogP) is 0.915. The Balaban J connectivity index is 2.09. The standard InChI is InChI=1S/C14H15F3N2O3/c15-14(16,17)11-4-2-1-3-9(11)6-19-7-10(5-13(19)22)18-12(21)8-20/h1-4,10,20H,5-8H2,(H,18,21)/t10-/m1/s1. The molecule has 2 rings (SSSR count). The normalized spacial score (nSPS) is 18.6. The van der Waals surface area contributed by atoms with Crippen LogP contribution in [0.2, 0.25) is 0 Å². The van der Waals surface area contributed by atoms with Crippen LogP contribution in [0.5, 0.6) is 0 Å². The maximum Gasteiger partial charge on any atom is 0.416 e. The van der Waals surface area contributed by atoms with Crippen molar-refractivity contribution in [3.8, 4) is 0 Å². The number of aliphatic hydroxyl groups excluding tert-OH is 1. The van der Waals surface area contributed by atoms with Crippen molar-refractivity contribution in [3.05, 3.63) is 35.4 Å². The quantitative estimate of drug-likeness (QED) is 0.868. The topological polar surface area (TPSA) is 69.6 Å².